The number of hydrogen-bond donors (Lipinski definition) is 1. The molecular weight excluding hydrogens is 618 g/mol. The number of halogens is 2. The Labute approximate surface area is 249 Å². The smallest absolute Gasteiger partial charge is 0.264 e. The van der Waals surface area contributed by atoms with Gasteiger partial charge in [0.05, 0.1) is 17.2 Å². The van der Waals surface area contributed by atoms with E-state index in [2.05, 4.69) is 21.2 Å². The second-order valence-corrected chi connectivity index (χ2v) is 12.2. The lowest BCUT2D eigenvalue weighted by atomic mass is 10.1. The zero-order chi connectivity index (χ0) is 29.3. The molecule has 3 aromatic rings. The fourth-order valence-corrected chi connectivity index (χ4v) is 5.84. The van der Waals surface area contributed by atoms with Crippen molar-refractivity contribution in [3.63, 3.8) is 0 Å². The number of ether oxygens (including phenoxy) is 1. The van der Waals surface area contributed by atoms with Gasteiger partial charge in [-0.1, -0.05) is 46.6 Å². The van der Waals surface area contributed by atoms with Crippen molar-refractivity contribution in [3.05, 3.63) is 87.9 Å². The zero-order valence-electron chi connectivity index (χ0n) is 22.6. The summed E-state index contributed by atoms with van der Waals surface area (Å²) in [4.78, 5) is 28.2. The van der Waals surface area contributed by atoms with E-state index in [9.17, 15) is 18.0 Å². The van der Waals surface area contributed by atoms with Crippen molar-refractivity contribution in [1.29, 1.82) is 0 Å². The Morgan fingerprint density at radius 1 is 1.02 bits per heavy atom. The number of rotatable bonds is 13. The van der Waals surface area contributed by atoms with Crippen LogP contribution in [0.3, 0.4) is 0 Å². The van der Waals surface area contributed by atoms with E-state index in [4.69, 9.17) is 16.3 Å². The Balaban J connectivity index is 2.02. The topological polar surface area (TPSA) is 96.0 Å². The number of benzene rings is 3. The summed E-state index contributed by atoms with van der Waals surface area (Å²) >= 11 is 9.50. The van der Waals surface area contributed by atoms with Gasteiger partial charge < -0.3 is 15.0 Å². The lowest BCUT2D eigenvalue weighted by Crippen LogP contribution is -2.51. The largest absolute Gasteiger partial charge is 0.494 e. The fourth-order valence-electron chi connectivity index (χ4n) is 3.95. The summed E-state index contributed by atoms with van der Waals surface area (Å²) in [6.45, 7) is 5.85. The van der Waals surface area contributed by atoms with Gasteiger partial charge in [-0.25, -0.2) is 8.42 Å². The van der Waals surface area contributed by atoms with Crippen molar-refractivity contribution in [2.24, 2.45) is 0 Å². The molecule has 0 heterocycles. The van der Waals surface area contributed by atoms with Gasteiger partial charge in [-0.05, 0) is 86.5 Å². The molecule has 1 N–H and O–H groups in total. The molecule has 11 heteroatoms. The van der Waals surface area contributed by atoms with E-state index >= 15 is 0 Å². The summed E-state index contributed by atoms with van der Waals surface area (Å²) in [7, 11) is -4.16. The molecule has 1 atom stereocenters. The van der Waals surface area contributed by atoms with Crippen LogP contribution in [0.4, 0.5) is 5.69 Å². The quantitative estimate of drug-likeness (QED) is 0.258. The number of anilines is 1. The van der Waals surface area contributed by atoms with E-state index in [0.717, 1.165) is 15.2 Å². The van der Waals surface area contributed by atoms with Crippen LogP contribution in [0.2, 0.25) is 5.02 Å². The molecule has 0 unspecified atom stereocenters. The van der Waals surface area contributed by atoms with E-state index in [1.807, 2.05) is 13.8 Å². The Bertz CT molecular complexity index is 1400. The number of nitrogens with one attached hydrogen (secondary N) is 1. The third kappa shape index (κ3) is 8.22. The molecule has 0 saturated carbocycles. The lowest BCUT2D eigenvalue weighted by Gasteiger charge is -2.32. The minimum absolute atomic E-state index is 0.0208. The lowest BCUT2D eigenvalue weighted by molar-refractivity contribution is -0.139. The highest BCUT2D eigenvalue weighted by Crippen LogP contribution is 2.27. The number of nitrogens with zero attached hydrogens (tertiary/aromatic N) is 2. The first kappa shape index (κ1) is 31.4. The maximum Gasteiger partial charge on any atom is 0.264 e. The molecule has 0 aliphatic carbocycles. The van der Waals surface area contributed by atoms with Crippen molar-refractivity contribution in [2.45, 2.75) is 44.7 Å². The minimum atomic E-state index is -4.16. The Hall–Kier alpha value is -3.08. The van der Waals surface area contributed by atoms with Gasteiger partial charge >= 0.3 is 0 Å². The second-order valence-electron chi connectivity index (χ2n) is 9.01. The monoisotopic (exact) mass is 649 g/mol. The normalized spacial score (nSPS) is 11.9. The molecule has 40 heavy (non-hydrogen) atoms. The number of carbonyl (C=O) groups excluding carboxylic acids is 2. The van der Waals surface area contributed by atoms with Crippen LogP contribution in [0.15, 0.2) is 82.2 Å². The van der Waals surface area contributed by atoms with E-state index in [0.29, 0.717) is 29.5 Å². The molecule has 0 aromatic heterocycles. The van der Waals surface area contributed by atoms with Crippen LogP contribution in [0.5, 0.6) is 5.75 Å². The van der Waals surface area contributed by atoms with Gasteiger partial charge in [-0.3, -0.25) is 13.9 Å². The van der Waals surface area contributed by atoms with Crippen LogP contribution < -0.4 is 14.4 Å². The number of amides is 2. The summed E-state index contributed by atoms with van der Waals surface area (Å²) in [5, 5.41) is 3.31. The molecule has 0 radical (unpaired) electrons. The predicted octanol–water partition coefficient (Wildman–Crippen LogP) is 5.64. The van der Waals surface area contributed by atoms with Gasteiger partial charge in [-0.15, -0.1) is 0 Å². The summed E-state index contributed by atoms with van der Waals surface area (Å²) in [5.41, 5.74) is 0.991. The van der Waals surface area contributed by atoms with Crippen LogP contribution in [0, 0.1) is 0 Å². The highest BCUT2D eigenvalue weighted by Gasteiger charge is 2.32. The third-order valence-electron chi connectivity index (χ3n) is 6.07. The molecule has 3 aromatic carbocycles. The molecule has 0 spiro atoms. The van der Waals surface area contributed by atoms with Crippen molar-refractivity contribution in [3.8, 4) is 5.75 Å². The van der Waals surface area contributed by atoms with Crippen molar-refractivity contribution in [2.75, 3.05) is 24.0 Å². The average Bonchev–Trinajstić information content (AvgIpc) is 2.93. The number of sulfonamides is 1. The molecule has 0 aliphatic rings. The second kappa shape index (κ2) is 14.5. The summed E-state index contributed by atoms with van der Waals surface area (Å²) < 4.78 is 35.0. The molecule has 8 nitrogen and oxygen atoms in total. The highest BCUT2D eigenvalue weighted by molar-refractivity contribution is 9.10. The summed E-state index contributed by atoms with van der Waals surface area (Å²) in [6, 6.07) is 18.8. The van der Waals surface area contributed by atoms with Crippen LogP contribution in [-0.4, -0.2) is 50.9 Å². The van der Waals surface area contributed by atoms with E-state index in [1.54, 1.807) is 67.6 Å². The van der Waals surface area contributed by atoms with E-state index in [-0.39, 0.29) is 23.0 Å². The van der Waals surface area contributed by atoms with E-state index < -0.39 is 28.5 Å². The van der Waals surface area contributed by atoms with Crippen LogP contribution >= 0.6 is 27.5 Å². The first-order chi connectivity index (χ1) is 19.1. The molecular formula is C29H33BrClN3O5S. The summed E-state index contributed by atoms with van der Waals surface area (Å²) in [5.74, 6) is -0.309. The molecule has 214 valence electrons. The fraction of sp³-hybridized carbons (Fsp3) is 0.310. The average molecular weight is 651 g/mol. The van der Waals surface area contributed by atoms with Gasteiger partial charge in [0.2, 0.25) is 11.8 Å². The maximum absolute atomic E-state index is 13.9. The van der Waals surface area contributed by atoms with Gasteiger partial charge in [0, 0.05) is 22.6 Å². The summed E-state index contributed by atoms with van der Waals surface area (Å²) in [6.07, 6.45) is 0.734. The SMILES string of the molecule is CCCNC(=O)[C@@H](C)N(Cc1cccc(Cl)c1)C(=O)CN(c1ccc(OCC)cc1)S(=O)(=O)c1ccc(Br)cc1. The van der Waals surface area contributed by atoms with Gasteiger partial charge in [0.25, 0.3) is 10.0 Å². The molecule has 0 saturated heterocycles. The Morgan fingerprint density at radius 2 is 1.70 bits per heavy atom. The third-order valence-corrected chi connectivity index (χ3v) is 8.63. The predicted molar refractivity (Wildman–Crippen MR) is 161 cm³/mol. The van der Waals surface area contributed by atoms with Gasteiger partial charge in [-0.2, -0.15) is 0 Å². The van der Waals surface area contributed by atoms with Gasteiger partial charge in [0.1, 0.15) is 18.3 Å². The molecule has 3 rings (SSSR count). The Morgan fingerprint density at radius 3 is 2.30 bits per heavy atom. The highest BCUT2D eigenvalue weighted by atomic mass is 79.9. The van der Waals surface area contributed by atoms with Gasteiger partial charge in [0.15, 0.2) is 0 Å². The molecule has 0 aliphatic heterocycles. The zero-order valence-corrected chi connectivity index (χ0v) is 25.8. The number of carbonyl (C=O) groups is 2. The standard InChI is InChI=1S/C29H33BrClN3O5S/c1-4-17-32-29(36)21(3)33(19-22-7-6-8-24(31)18-22)28(35)20-34(25-11-13-26(14-12-25)39-5-2)40(37,38)27-15-9-23(30)10-16-27/h6-16,18,21H,4-5,17,19-20H2,1-3H3,(H,32,36)/t21-/m1/s1. The van der Waals surface area contributed by atoms with E-state index in [1.165, 1.54) is 17.0 Å². The molecule has 0 fully saturated rings. The van der Waals surface area contributed by atoms with Crippen LogP contribution in [0.25, 0.3) is 0 Å². The molecule has 0 bridgehead atoms. The minimum Gasteiger partial charge on any atom is -0.494 e. The maximum atomic E-state index is 13.9. The number of hydrogen-bond acceptors (Lipinski definition) is 5. The van der Waals surface area contributed by atoms with Crippen molar-refractivity contribution < 1.29 is 22.7 Å². The van der Waals surface area contributed by atoms with Crippen LogP contribution in [0.1, 0.15) is 32.8 Å². The van der Waals surface area contributed by atoms with Crippen molar-refractivity contribution >= 4 is 55.1 Å². The van der Waals surface area contributed by atoms with Crippen LogP contribution in [-0.2, 0) is 26.2 Å². The molecule has 2 amide bonds. The Kier molecular flexibility index (Phi) is 11.4. The first-order valence-corrected chi connectivity index (χ1v) is 15.5. The first-order valence-electron chi connectivity index (χ1n) is 12.9. The van der Waals surface area contributed by atoms with Crippen molar-refractivity contribution in [1.82, 2.24) is 10.2 Å².